The first-order chi connectivity index (χ1) is 27.3. The molecule has 0 saturated heterocycles. The molecule has 0 saturated carbocycles. The van der Waals surface area contributed by atoms with Gasteiger partial charge in [0.2, 0.25) is 0 Å². The molecule has 0 aliphatic rings. The van der Waals surface area contributed by atoms with Gasteiger partial charge in [-0.1, -0.05) is 170 Å². The van der Waals surface area contributed by atoms with Gasteiger partial charge in [0.25, 0.3) is 0 Å². The van der Waals surface area contributed by atoms with Gasteiger partial charge in [-0.2, -0.15) is 0 Å². The summed E-state index contributed by atoms with van der Waals surface area (Å²) >= 11 is 1.85. The average molecular weight is 717 g/mol. The zero-order valence-corrected chi connectivity index (χ0v) is 30.6. The molecule has 3 heteroatoms. The number of thiophene rings is 1. The van der Waals surface area contributed by atoms with Crippen molar-refractivity contribution in [1.82, 2.24) is 9.97 Å². The summed E-state index contributed by atoms with van der Waals surface area (Å²) in [6, 6.07) is 69.7. The normalized spacial score (nSPS) is 11.6. The number of hydrogen-bond acceptors (Lipinski definition) is 3. The Kier molecular flexibility index (Phi) is 7.39. The first kappa shape index (κ1) is 31.6. The molecule has 0 radical (unpaired) electrons. The van der Waals surface area contributed by atoms with Crippen LogP contribution in [0.5, 0.6) is 0 Å². The molecular formula is C52H32N2S. The minimum Gasteiger partial charge on any atom is -0.228 e. The third kappa shape index (κ3) is 5.24. The van der Waals surface area contributed by atoms with Crippen molar-refractivity contribution in [3.8, 4) is 56.2 Å². The summed E-state index contributed by atoms with van der Waals surface area (Å²) in [6.45, 7) is 0. The molecule has 0 bridgehead atoms. The Morgan fingerprint density at radius 3 is 1.75 bits per heavy atom. The Balaban J connectivity index is 1.21. The van der Waals surface area contributed by atoms with E-state index in [1.807, 2.05) is 17.4 Å². The van der Waals surface area contributed by atoms with E-state index >= 15 is 0 Å². The molecule has 256 valence electrons. The van der Waals surface area contributed by atoms with Gasteiger partial charge >= 0.3 is 0 Å². The lowest BCUT2D eigenvalue weighted by atomic mass is 9.85. The number of nitrogens with zero attached hydrogens (tertiary/aromatic N) is 2. The molecule has 0 unspecified atom stereocenters. The van der Waals surface area contributed by atoms with E-state index in [9.17, 15) is 0 Å². The van der Waals surface area contributed by atoms with Gasteiger partial charge in [-0.3, -0.25) is 0 Å². The van der Waals surface area contributed by atoms with Crippen molar-refractivity contribution in [3.05, 3.63) is 194 Å². The van der Waals surface area contributed by atoms with Crippen molar-refractivity contribution < 1.29 is 0 Å². The quantitative estimate of drug-likeness (QED) is 0.131. The Hall–Kier alpha value is -6.94. The summed E-state index contributed by atoms with van der Waals surface area (Å²) < 4.78 is 2.60. The standard InChI is InChI=1S/C52H32N2S/c1-3-16-34(17-4-1)48-40-23-9-10-24-41(40)51(50-38-22-8-7-15-33(38)29-30-43(48)50)45-32-44(53-52(54-45)35-18-5-2-6-19-35)37-21-13-20-36(31-37)39-26-14-28-47-49(39)42-25-11-12-27-46(42)55-47/h1-32H. The van der Waals surface area contributed by atoms with Crippen LogP contribution in [0.2, 0.25) is 0 Å². The number of benzene rings is 9. The van der Waals surface area contributed by atoms with Crippen LogP contribution in [0.1, 0.15) is 0 Å². The second-order valence-electron chi connectivity index (χ2n) is 14.1. The van der Waals surface area contributed by atoms with Crippen LogP contribution >= 0.6 is 11.3 Å². The average Bonchev–Trinajstić information content (AvgIpc) is 3.65. The molecule has 0 N–H and O–H groups in total. The summed E-state index contributed by atoms with van der Waals surface area (Å²) in [5, 5.41) is 9.77. The monoisotopic (exact) mass is 716 g/mol. The number of hydrogen-bond donors (Lipinski definition) is 0. The third-order valence-electron chi connectivity index (χ3n) is 10.9. The van der Waals surface area contributed by atoms with Crippen LogP contribution in [0, 0.1) is 0 Å². The van der Waals surface area contributed by atoms with Gasteiger partial charge in [-0.25, -0.2) is 9.97 Å². The maximum Gasteiger partial charge on any atom is 0.160 e. The summed E-state index contributed by atoms with van der Waals surface area (Å²) in [6.07, 6.45) is 0. The Morgan fingerprint density at radius 1 is 0.327 bits per heavy atom. The smallest absolute Gasteiger partial charge is 0.160 e. The van der Waals surface area contributed by atoms with Gasteiger partial charge in [0.15, 0.2) is 5.82 Å². The molecule has 0 aliphatic carbocycles. The lowest BCUT2D eigenvalue weighted by molar-refractivity contribution is 1.19. The van der Waals surface area contributed by atoms with Crippen LogP contribution in [0.3, 0.4) is 0 Å². The van der Waals surface area contributed by atoms with Crippen LogP contribution < -0.4 is 0 Å². The zero-order valence-electron chi connectivity index (χ0n) is 29.8. The van der Waals surface area contributed by atoms with Gasteiger partial charge < -0.3 is 0 Å². The molecule has 2 nitrogen and oxygen atoms in total. The molecule has 9 aromatic carbocycles. The molecule has 55 heavy (non-hydrogen) atoms. The number of aromatic nitrogens is 2. The van der Waals surface area contributed by atoms with Crippen LogP contribution in [0.25, 0.3) is 109 Å². The lowest BCUT2D eigenvalue weighted by Crippen LogP contribution is -1.98. The summed E-state index contributed by atoms with van der Waals surface area (Å²) in [4.78, 5) is 10.8. The number of fused-ring (bicyclic) bond motifs is 7. The molecule has 11 rings (SSSR count). The fourth-order valence-electron chi connectivity index (χ4n) is 8.43. The van der Waals surface area contributed by atoms with Crippen molar-refractivity contribution in [3.63, 3.8) is 0 Å². The maximum atomic E-state index is 5.45. The maximum absolute atomic E-state index is 5.45. The second kappa shape index (κ2) is 12.9. The van der Waals surface area contributed by atoms with Gasteiger partial charge in [0, 0.05) is 42.2 Å². The van der Waals surface area contributed by atoms with Crippen LogP contribution in [-0.2, 0) is 0 Å². The van der Waals surface area contributed by atoms with Gasteiger partial charge in [-0.15, -0.1) is 11.3 Å². The molecule has 0 amide bonds. The highest BCUT2D eigenvalue weighted by Crippen LogP contribution is 2.47. The van der Waals surface area contributed by atoms with E-state index in [0.717, 1.165) is 28.1 Å². The molecule has 0 aliphatic heterocycles. The predicted octanol–water partition coefficient (Wildman–Crippen LogP) is 14.6. The first-order valence-electron chi connectivity index (χ1n) is 18.7. The molecular weight excluding hydrogens is 685 g/mol. The fraction of sp³-hybridized carbons (Fsp3) is 0. The van der Waals surface area contributed by atoms with E-state index < -0.39 is 0 Å². The minimum absolute atomic E-state index is 0.703. The SMILES string of the molecule is c1ccc(-c2nc(-c3cccc(-c4cccc5sc6ccccc6c45)c3)cc(-c3c4ccccc4c(-c4ccccc4)c4ccc5ccccc5c34)n2)cc1. The molecule has 0 atom stereocenters. The highest BCUT2D eigenvalue weighted by molar-refractivity contribution is 7.25. The first-order valence-corrected chi connectivity index (χ1v) is 19.5. The van der Waals surface area contributed by atoms with E-state index in [2.05, 4.69) is 188 Å². The molecule has 2 heterocycles. The summed E-state index contributed by atoms with van der Waals surface area (Å²) in [5.41, 5.74) is 9.77. The fourth-order valence-corrected chi connectivity index (χ4v) is 9.56. The number of rotatable bonds is 5. The second-order valence-corrected chi connectivity index (χ2v) is 15.1. The van der Waals surface area contributed by atoms with Crippen molar-refractivity contribution in [2.45, 2.75) is 0 Å². The van der Waals surface area contributed by atoms with E-state index in [-0.39, 0.29) is 0 Å². The molecule has 11 aromatic rings. The van der Waals surface area contributed by atoms with Crippen molar-refractivity contribution in [2.75, 3.05) is 0 Å². The van der Waals surface area contributed by atoms with Crippen LogP contribution in [0.4, 0.5) is 0 Å². The third-order valence-corrected chi connectivity index (χ3v) is 12.0. The largest absolute Gasteiger partial charge is 0.228 e. The van der Waals surface area contributed by atoms with Crippen molar-refractivity contribution >= 4 is 63.8 Å². The summed E-state index contributed by atoms with van der Waals surface area (Å²) in [5.74, 6) is 0.703. The van der Waals surface area contributed by atoms with E-state index in [0.29, 0.717) is 5.82 Å². The van der Waals surface area contributed by atoms with Crippen LogP contribution in [0.15, 0.2) is 194 Å². The van der Waals surface area contributed by atoms with E-state index in [1.165, 1.54) is 74.7 Å². The van der Waals surface area contributed by atoms with Crippen molar-refractivity contribution in [2.24, 2.45) is 0 Å². The van der Waals surface area contributed by atoms with Crippen molar-refractivity contribution in [1.29, 1.82) is 0 Å². The van der Waals surface area contributed by atoms with Gasteiger partial charge in [0.1, 0.15) is 0 Å². The van der Waals surface area contributed by atoms with Gasteiger partial charge in [0.05, 0.1) is 11.4 Å². The molecule has 2 aromatic heterocycles. The van der Waals surface area contributed by atoms with E-state index in [4.69, 9.17) is 9.97 Å². The summed E-state index contributed by atoms with van der Waals surface area (Å²) in [7, 11) is 0. The Morgan fingerprint density at radius 2 is 0.927 bits per heavy atom. The minimum atomic E-state index is 0.703. The zero-order chi connectivity index (χ0) is 36.3. The Labute approximate surface area is 322 Å². The highest BCUT2D eigenvalue weighted by atomic mass is 32.1. The lowest BCUT2D eigenvalue weighted by Gasteiger charge is -2.19. The van der Waals surface area contributed by atoms with E-state index in [1.54, 1.807) is 0 Å². The van der Waals surface area contributed by atoms with Gasteiger partial charge in [-0.05, 0) is 73.5 Å². The molecule has 0 fully saturated rings. The molecule has 0 spiro atoms. The predicted molar refractivity (Wildman–Crippen MR) is 235 cm³/mol. The Bertz CT molecular complexity index is 3250. The topological polar surface area (TPSA) is 25.8 Å². The highest BCUT2D eigenvalue weighted by Gasteiger charge is 2.21. The van der Waals surface area contributed by atoms with Crippen LogP contribution in [-0.4, -0.2) is 9.97 Å².